The summed E-state index contributed by atoms with van der Waals surface area (Å²) in [6.45, 7) is 0. The number of ether oxygens (including phenoxy) is 2. The van der Waals surface area contributed by atoms with Crippen LogP contribution in [0.2, 0.25) is 0 Å². The third-order valence-electron chi connectivity index (χ3n) is 4.47. The Morgan fingerprint density at radius 2 is 2.00 bits per heavy atom. The van der Waals surface area contributed by atoms with E-state index < -0.39 is 0 Å². The van der Waals surface area contributed by atoms with E-state index in [1.807, 2.05) is 27.4 Å². The fourth-order valence-corrected chi connectivity index (χ4v) is 3.72. The number of benzene rings is 1. The van der Waals surface area contributed by atoms with Gasteiger partial charge in [-0.1, -0.05) is 16.6 Å². The molecule has 0 saturated carbocycles. The summed E-state index contributed by atoms with van der Waals surface area (Å²) in [7, 11) is 3.24. The predicted molar refractivity (Wildman–Crippen MR) is 102 cm³/mol. The molecule has 8 nitrogen and oxygen atoms in total. The van der Waals surface area contributed by atoms with Crippen molar-refractivity contribution in [1.82, 2.24) is 29.5 Å². The van der Waals surface area contributed by atoms with Gasteiger partial charge in [0.25, 0.3) is 5.19 Å². The second-order valence-corrected chi connectivity index (χ2v) is 7.02. The lowest BCUT2D eigenvalue weighted by Gasteiger charge is -2.11. The van der Waals surface area contributed by atoms with Gasteiger partial charge in [0.1, 0.15) is 22.6 Å². The van der Waals surface area contributed by atoms with Crippen molar-refractivity contribution in [3.8, 4) is 34.2 Å². The third-order valence-corrected chi connectivity index (χ3v) is 5.34. The molecule has 28 heavy (non-hydrogen) atoms. The molecule has 1 aliphatic heterocycles. The van der Waals surface area contributed by atoms with Crippen LogP contribution in [0.5, 0.6) is 10.9 Å². The van der Waals surface area contributed by atoms with Gasteiger partial charge in [0.2, 0.25) is 0 Å². The van der Waals surface area contributed by atoms with Crippen LogP contribution in [0.4, 0.5) is 0 Å². The van der Waals surface area contributed by atoms with Crippen LogP contribution in [0.25, 0.3) is 11.4 Å². The second kappa shape index (κ2) is 6.51. The van der Waals surface area contributed by atoms with Gasteiger partial charge in [-0.2, -0.15) is 0 Å². The molecule has 0 aliphatic carbocycles. The van der Waals surface area contributed by atoms with E-state index in [0.717, 1.165) is 33.4 Å². The SMILES string of the molecule is COc1ccc2c(c1)-n1nncc1Cc1c(C#Cc3cnc(OC)s3)ncn1-2. The fourth-order valence-electron chi connectivity index (χ4n) is 3.14. The van der Waals surface area contributed by atoms with Gasteiger partial charge in [-0.25, -0.2) is 14.6 Å². The van der Waals surface area contributed by atoms with Crippen LogP contribution in [-0.2, 0) is 6.42 Å². The Morgan fingerprint density at radius 1 is 1.07 bits per heavy atom. The number of imidazole rings is 1. The van der Waals surface area contributed by atoms with Crippen molar-refractivity contribution in [2.24, 2.45) is 0 Å². The zero-order chi connectivity index (χ0) is 19.1. The van der Waals surface area contributed by atoms with Gasteiger partial charge in [0, 0.05) is 12.5 Å². The Hall–Kier alpha value is -3.64. The molecule has 0 atom stereocenters. The minimum absolute atomic E-state index is 0.589. The van der Waals surface area contributed by atoms with Crippen LogP contribution in [0.1, 0.15) is 22.0 Å². The molecule has 1 aromatic carbocycles. The van der Waals surface area contributed by atoms with Crippen LogP contribution in [0, 0.1) is 11.8 Å². The summed E-state index contributed by atoms with van der Waals surface area (Å²) < 4.78 is 14.4. The molecule has 0 spiro atoms. The number of rotatable bonds is 2. The first-order chi connectivity index (χ1) is 13.8. The molecule has 138 valence electrons. The highest BCUT2D eigenvalue weighted by Gasteiger charge is 2.23. The summed E-state index contributed by atoms with van der Waals surface area (Å²) in [4.78, 5) is 9.51. The van der Waals surface area contributed by atoms with E-state index in [-0.39, 0.29) is 0 Å². The van der Waals surface area contributed by atoms with Crippen LogP contribution in [-0.4, -0.2) is 43.7 Å². The molecule has 0 amide bonds. The molecular weight excluding hydrogens is 376 g/mol. The zero-order valence-electron chi connectivity index (χ0n) is 15.1. The maximum atomic E-state index is 5.38. The molecule has 9 heteroatoms. The lowest BCUT2D eigenvalue weighted by Crippen LogP contribution is -2.03. The van der Waals surface area contributed by atoms with E-state index in [1.165, 1.54) is 11.3 Å². The average Bonchev–Trinajstić information content (AvgIpc) is 3.45. The van der Waals surface area contributed by atoms with Gasteiger partial charge in [-0.3, -0.25) is 4.57 Å². The minimum Gasteiger partial charge on any atom is -0.497 e. The largest absolute Gasteiger partial charge is 0.497 e. The molecule has 0 bridgehead atoms. The summed E-state index contributed by atoms with van der Waals surface area (Å²) in [5.74, 6) is 7.05. The van der Waals surface area contributed by atoms with Crippen LogP contribution in [0.3, 0.4) is 0 Å². The van der Waals surface area contributed by atoms with Crippen molar-refractivity contribution in [3.63, 3.8) is 0 Å². The lowest BCUT2D eigenvalue weighted by atomic mass is 10.2. The van der Waals surface area contributed by atoms with Crippen molar-refractivity contribution in [2.75, 3.05) is 14.2 Å². The van der Waals surface area contributed by atoms with Gasteiger partial charge in [0.05, 0.1) is 49.4 Å². The molecule has 1 aliphatic rings. The molecule has 0 radical (unpaired) electrons. The Morgan fingerprint density at radius 3 is 2.82 bits per heavy atom. The van der Waals surface area contributed by atoms with Crippen LogP contribution >= 0.6 is 11.3 Å². The number of aromatic nitrogens is 6. The zero-order valence-corrected chi connectivity index (χ0v) is 15.9. The van der Waals surface area contributed by atoms with Crippen molar-refractivity contribution in [3.05, 3.63) is 58.9 Å². The monoisotopic (exact) mass is 390 g/mol. The number of thiazole rings is 1. The fraction of sp³-hybridized carbons (Fsp3) is 0.158. The maximum Gasteiger partial charge on any atom is 0.274 e. The highest BCUT2D eigenvalue weighted by atomic mass is 32.1. The Kier molecular flexibility index (Phi) is 3.84. The third kappa shape index (κ3) is 2.62. The smallest absolute Gasteiger partial charge is 0.274 e. The van der Waals surface area contributed by atoms with E-state index >= 15 is 0 Å². The highest BCUT2D eigenvalue weighted by molar-refractivity contribution is 7.13. The molecule has 3 aromatic heterocycles. The predicted octanol–water partition coefficient (Wildman–Crippen LogP) is 2.23. The summed E-state index contributed by atoms with van der Waals surface area (Å²) in [5.41, 5.74) is 4.48. The summed E-state index contributed by atoms with van der Waals surface area (Å²) in [6.07, 6.45) is 5.86. The number of methoxy groups -OCH3 is 2. The number of hydrogen-bond acceptors (Lipinski definition) is 7. The molecule has 5 rings (SSSR count). The van der Waals surface area contributed by atoms with Crippen molar-refractivity contribution in [2.45, 2.75) is 6.42 Å². The molecular formula is C19H14N6O2S. The molecule has 0 N–H and O–H groups in total. The quantitative estimate of drug-likeness (QED) is 0.430. The summed E-state index contributed by atoms with van der Waals surface area (Å²) >= 11 is 1.40. The van der Waals surface area contributed by atoms with Gasteiger partial charge in [-0.05, 0) is 24.0 Å². The number of nitrogens with zero attached hydrogens (tertiary/aromatic N) is 6. The molecule has 0 fully saturated rings. The first-order valence-electron chi connectivity index (χ1n) is 8.43. The first-order valence-corrected chi connectivity index (χ1v) is 9.25. The number of hydrogen-bond donors (Lipinski definition) is 0. The van der Waals surface area contributed by atoms with E-state index in [9.17, 15) is 0 Å². The Balaban J connectivity index is 1.64. The topological polar surface area (TPSA) is 79.9 Å². The Labute approximate surface area is 164 Å². The molecule has 4 aromatic rings. The average molecular weight is 390 g/mol. The van der Waals surface area contributed by atoms with Gasteiger partial charge in [0.15, 0.2) is 0 Å². The van der Waals surface area contributed by atoms with Gasteiger partial charge >= 0.3 is 0 Å². The second-order valence-electron chi connectivity index (χ2n) is 6.02. The van der Waals surface area contributed by atoms with E-state index in [0.29, 0.717) is 17.3 Å². The van der Waals surface area contributed by atoms with Crippen LogP contribution < -0.4 is 9.47 Å². The lowest BCUT2D eigenvalue weighted by molar-refractivity contribution is 0.412. The molecule has 0 saturated heterocycles. The van der Waals surface area contributed by atoms with E-state index in [2.05, 4.69) is 32.1 Å². The molecule has 4 heterocycles. The first kappa shape index (κ1) is 16.5. The molecule has 0 unspecified atom stereocenters. The summed E-state index contributed by atoms with van der Waals surface area (Å²) in [5, 5.41) is 8.92. The standard InChI is InChI=1S/C19H14N6O2S/c1-26-13-3-6-16-18(8-13)25-12(9-22-23-25)7-17-15(21-11-24(16)17)5-4-14-10-20-19(27-2)28-14/h3,6,8-11H,7H2,1-2H3. The van der Waals surface area contributed by atoms with Gasteiger partial charge in [-0.15, -0.1) is 5.10 Å². The Bertz CT molecular complexity index is 1240. The normalized spacial score (nSPS) is 11.5. The van der Waals surface area contributed by atoms with Crippen molar-refractivity contribution < 1.29 is 9.47 Å². The summed E-state index contributed by atoms with van der Waals surface area (Å²) in [6, 6.07) is 5.85. The van der Waals surface area contributed by atoms with E-state index in [4.69, 9.17) is 9.47 Å². The van der Waals surface area contributed by atoms with Crippen molar-refractivity contribution >= 4 is 11.3 Å². The minimum atomic E-state index is 0.589. The van der Waals surface area contributed by atoms with Crippen LogP contribution in [0.15, 0.2) is 36.9 Å². The van der Waals surface area contributed by atoms with Crippen molar-refractivity contribution in [1.29, 1.82) is 0 Å². The highest BCUT2D eigenvalue weighted by Crippen LogP contribution is 2.31. The van der Waals surface area contributed by atoms with Gasteiger partial charge < -0.3 is 9.47 Å². The van der Waals surface area contributed by atoms with E-state index in [1.54, 1.807) is 32.9 Å². The number of fused-ring (bicyclic) bond motifs is 5. The maximum absolute atomic E-state index is 5.38.